The third-order valence-corrected chi connectivity index (χ3v) is 5.05. The predicted molar refractivity (Wildman–Crippen MR) is 109 cm³/mol. The molecule has 2 aromatic carbocycles. The highest BCUT2D eigenvalue weighted by Crippen LogP contribution is 2.32. The number of hydrogen-bond acceptors (Lipinski definition) is 3. The predicted octanol–water partition coefficient (Wildman–Crippen LogP) is 4.06. The van der Waals surface area contributed by atoms with Crippen LogP contribution in [0.2, 0.25) is 5.02 Å². The molecule has 3 aromatic rings. The van der Waals surface area contributed by atoms with E-state index in [1.54, 1.807) is 36.1 Å². The summed E-state index contributed by atoms with van der Waals surface area (Å²) in [5, 5.41) is 7.15. The minimum Gasteiger partial charge on any atom is -0.348 e. The number of halogens is 4. The molecule has 0 bridgehead atoms. The number of hydrogen-bond donors (Lipinski definition) is 2. The van der Waals surface area contributed by atoms with E-state index in [0.29, 0.717) is 10.6 Å². The summed E-state index contributed by atoms with van der Waals surface area (Å²) >= 11 is 6.34. The van der Waals surface area contributed by atoms with Gasteiger partial charge in [0.2, 0.25) is 0 Å². The third kappa shape index (κ3) is 4.83. The summed E-state index contributed by atoms with van der Waals surface area (Å²) in [5.41, 5.74) is 6.83. The number of rotatable bonds is 6. The third-order valence-electron chi connectivity index (χ3n) is 4.74. The molecular weight excluding hydrogens is 417 g/mol. The molecule has 0 spiro atoms. The molecule has 0 unspecified atom stereocenters. The van der Waals surface area contributed by atoms with Gasteiger partial charge in [-0.2, -0.15) is 18.3 Å². The van der Waals surface area contributed by atoms with Gasteiger partial charge < -0.3 is 11.1 Å². The van der Waals surface area contributed by atoms with Crippen LogP contribution in [0.4, 0.5) is 13.2 Å². The second-order valence-electron chi connectivity index (χ2n) is 6.80. The molecule has 1 aromatic heterocycles. The van der Waals surface area contributed by atoms with Crippen LogP contribution in [0.1, 0.15) is 21.5 Å². The standard InChI is InChI=1S/C21H20ClF3N4O/c1-29-19(8-9-27-29)16-7-6-14(11-18(16)22)20(30)28-15(12-26)10-13-4-2-3-5-17(13)21(23,24)25/h2-9,11,15H,10,12,26H2,1H3,(H,28,30)/t15-/m1/s1. The van der Waals surface area contributed by atoms with Crippen LogP contribution in [0.25, 0.3) is 11.3 Å². The highest BCUT2D eigenvalue weighted by molar-refractivity contribution is 6.33. The fourth-order valence-electron chi connectivity index (χ4n) is 3.20. The van der Waals surface area contributed by atoms with Crippen LogP contribution in [0.5, 0.6) is 0 Å². The van der Waals surface area contributed by atoms with Crippen molar-refractivity contribution in [3.63, 3.8) is 0 Å². The van der Waals surface area contributed by atoms with Crippen molar-refractivity contribution in [1.82, 2.24) is 15.1 Å². The maximum absolute atomic E-state index is 13.2. The molecule has 1 amide bonds. The van der Waals surface area contributed by atoms with E-state index < -0.39 is 23.7 Å². The first-order valence-electron chi connectivity index (χ1n) is 9.14. The molecule has 9 heteroatoms. The summed E-state index contributed by atoms with van der Waals surface area (Å²) in [4.78, 5) is 12.6. The minimum atomic E-state index is -4.48. The minimum absolute atomic E-state index is 0.0151. The Morgan fingerprint density at radius 2 is 1.97 bits per heavy atom. The number of carbonyl (C=O) groups excluding carboxylic acids is 1. The van der Waals surface area contributed by atoms with Crippen molar-refractivity contribution in [3.05, 3.63) is 76.4 Å². The molecule has 0 saturated carbocycles. The van der Waals surface area contributed by atoms with E-state index in [4.69, 9.17) is 17.3 Å². The van der Waals surface area contributed by atoms with Gasteiger partial charge in [0.1, 0.15) is 0 Å². The molecule has 0 radical (unpaired) electrons. The molecule has 0 aliphatic rings. The van der Waals surface area contributed by atoms with E-state index in [9.17, 15) is 18.0 Å². The lowest BCUT2D eigenvalue weighted by Gasteiger charge is -2.20. The first kappa shape index (κ1) is 21.9. The number of nitrogens with one attached hydrogen (secondary N) is 1. The molecule has 30 heavy (non-hydrogen) atoms. The van der Waals surface area contributed by atoms with Crippen LogP contribution < -0.4 is 11.1 Å². The summed E-state index contributed by atoms with van der Waals surface area (Å²) in [7, 11) is 1.77. The van der Waals surface area contributed by atoms with Gasteiger partial charge in [0.15, 0.2) is 0 Å². The Hall–Kier alpha value is -2.84. The van der Waals surface area contributed by atoms with Gasteiger partial charge in [0.25, 0.3) is 5.91 Å². The number of carbonyl (C=O) groups is 1. The quantitative estimate of drug-likeness (QED) is 0.612. The Kier molecular flexibility index (Phi) is 6.48. The van der Waals surface area contributed by atoms with E-state index >= 15 is 0 Å². The number of nitrogens with two attached hydrogens (primary N) is 1. The van der Waals surface area contributed by atoms with Gasteiger partial charge in [-0.15, -0.1) is 0 Å². The number of benzene rings is 2. The lowest BCUT2D eigenvalue weighted by atomic mass is 9.99. The SMILES string of the molecule is Cn1nccc1-c1ccc(C(=O)N[C@@H](CN)Cc2ccccc2C(F)(F)F)cc1Cl. The van der Waals surface area contributed by atoms with Crippen molar-refractivity contribution in [2.24, 2.45) is 12.8 Å². The van der Waals surface area contributed by atoms with Gasteiger partial charge in [0.05, 0.1) is 16.3 Å². The van der Waals surface area contributed by atoms with E-state index in [2.05, 4.69) is 10.4 Å². The van der Waals surface area contributed by atoms with Gasteiger partial charge >= 0.3 is 6.18 Å². The monoisotopic (exact) mass is 436 g/mol. The summed E-state index contributed by atoms with van der Waals surface area (Å²) < 4.78 is 41.3. The molecule has 158 valence electrons. The molecule has 1 atom stereocenters. The van der Waals surface area contributed by atoms with Crippen molar-refractivity contribution in [2.45, 2.75) is 18.6 Å². The Bertz CT molecular complexity index is 1050. The highest BCUT2D eigenvalue weighted by atomic mass is 35.5. The Morgan fingerprint density at radius 1 is 1.23 bits per heavy atom. The molecule has 0 saturated heterocycles. The molecule has 0 aliphatic heterocycles. The molecular formula is C21H20ClF3N4O. The van der Waals surface area contributed by atoms with Crippen LogP contribution in [0.3, 0.4) is 0 Å². The van der Waals surface area contributed by atoms with Crippen LogP contribution in [-0.2, 0) is 19.6 Å². The number of aromatic nitrogens is 2. The van der Waals surface area contributed by atoms with E-state index in [0.717, 1.165) is 11.8 Å². The van der Waals surface area contributed by atoms with Gasteiger partial charge in [-0.25, -0.2) is 0 Å². The van der Waals surface area contributed by atoms with Crippen molar-refractivity contribution in [2.75, 3.05) is 6.54 Å². The number of nitrogens with zero attached hydrogens (tertiary/aromatic N) is 2. The maximum Gasteiger partial charge on any atom is 0.416 e. The van der Waals surface area contributed by atoms with Crippen molar-refractivity contribution in [1.29, 1.82) is 0 Å². The van der Waals surface area contributed by atoms with E-state index in [1.165, 1.54) is 24.3 Å². The smallest absolute Gasteiger partial charge is 0.348 e. The lowest BCUT2D eigenvalue weighted by Crippen LogP contribution is -2.42. The topological polar surface area (TPSA) is 72.9 Å². The zero-order valence-corrected chi connectivity index (χ0v) is 16.8. The number of amides is 1. The fourth-order valence-corrected chi connectivity index (χ4v) is 3.48. The molecule has 3 N–H and O–H groups in total. The first-order valence-corrected chi connectivity index (χ1v) is 9.52. The van der Waals surface area contributed by atoms with Gasteiger partial charge in [0, 0.05) is 37.0 Å². The highest BCUT2D eigenvalue weighted by Gasteiger charge is 2.33. The molecule has 5 nitrogen and oxygen atoms in total. The Labute approximate surface area is 176 Å². The van der Waals surface area contributed by atoms with Crippen LogP contribution in [0.15, 0.2) is 54.7 Å². The van der Waals surface area contributed by atoms with E-state index in [1.807, 2.05) is 0 Å². The largest absolute Gasteiger partial charge is 0.416 e. The Balaban J connectivity index is 1.77. The summed E-state index contributed by atoms with van der Waals surface area (Å²) in [5.74, 6) is -0.464. The summed E-state index contributed by atoms with van der Waals surface area (Å²) in [6.45, 7) is -0.0151. The molecule has 0 fully saturated rings. The summed E-state index contributed by atoms with van der Waals surface area (Å²) in [6, 6.07) is 11.2. The zero-order valence-electron chi connectivity index (χ0n) is 16.1. The second-order valence-corrected chi connectivity index (χ2v) is 7.21. The fraction of sp³-hybridized carbons (Fsp3) is 0.238. The average Bonchev–Trinajstić information content (AvgIpc) is 3.12. The van der Waals surface area contributed by atoms with Crippen molar-refractivity contribution >= 4 is 17.5 Å². The van der Waals surface area contributed by atoms with Gasteiger partial charge in [-0.05, 0) is 36.2 Å². The molecule has 0 aliphatic carbocycles. The zero-order chi connectivity index (χ0) is 21.9. The Morgan fingerprint density at radius 3 is 2.57 bits per heavy atom. The van der Waals surface area contributed by atoms with Gasteiger partial charge in [-0.3, -0.25) is 9.48 Å². The van der Waals surface area contributed by atoms with Gasteiger partial charge in [-0.1, -0.05) is 35.9 Å². The first-order chi connectivity index (χ1) is 14.2. The van der Waals surface area contributed by atoms with E-state index in [-0.39, 0.29) is 24.1 Å². The van der Waals surface area contributed by atoms with Crippen LogP contribution in [-0.4, -0.2) is 28.3 Å². The second kappa shape index (κ2) is 8.89. The van der Waals surface area contributed by atoms with Crippen LogP contribution >= 0.6 is 11.6 Å². The average molecular weight is 437 g/mol. The number of aryl methyl sites for hydroxylation is 1. The van der Waals surface area contributed by atoms with Crippen molar-refractivity contribution in [3.8, 4) is 11.3 Å². The lowest BCUT2D eigenvalue weighted by molar-refractivity contribution is -0.138. The molecule has 1 heterocycles. The summed E-state index contributed by atoms with van der Waals surface area (Å²) in [6.07, 6.45) is -2.88. The molecule has 3 rings (SSSR count). The van der Waals surface area contributed by atoms with Crippen molar-refractivity contribution < 1.29 is 18.0 Å². The maximum atomic E-state index is 13.2. The number of alkyl halides is 3. The van der Waals surface area contributed by atoms with Crippen LogP contribution in [0, 0.1) is 0 Å². The normalized spacial score (nSPS) is 12.6.